The molecule has 10 nitrogen and oxygen atoms in total. The van der Waals surface area contributed by atoms with Crippen LogP contribution in [0.2, 0.25) is 0 Å². The quantitative estimate of drug-likeness (QED) is 0.385. The highest BCUT2D eigenvalue weighted by Gasteiger charge is 2.25. The highest BCUT2D eigenvalue weighted by Crippen LogP contribution is 2.31. The standard InChI is InChI=1S/C24H30N6O4S2/c1-5-25-23(32)26-22(31)17(4)35-24-28-27-21(30(24)19-13-9-8-10-14-19)18-12-11-15-20(16-18)36(33,34)29(6-2)7-3/h8-17H,5-7H2,1-4H3,(H2,25,26,31,32). The largest absolute Gasteiger partial charge is 0.338 e. The van der Waals surface area contributed by atoms with Crippen molar-refractivity contribution in [3.05, 3.63) is 54.6 Å². The van der Waals surface area contributed by atoms with Crippen LogP contribution in [0.3, 0.4) is 0 Å². The van der Waals surface area contributed by atoms with Gasteiger partial charge >= 0.3 is 6.03 Å². The van der Waals surface area contributed by atoms with Gasteiger partial charge in [-0.1, -0.05) is 55.9 Å². The van der Waals surface area contributed by atoms with Gasteiger partial charge in [0.1, 0.15) is 0 Å². The molecule has 0 aliphatic heterocycles. The molecule has 0 saturated heterocycles. The fourth-order valence-electron chi connectivity index (χ4n) is 3.48. The number of carbonyl (C=O) groups excluding carboxylic acids is 2. The number of rotatable bonds is 10. The molecule has 0 radical (unpaired) electrons. The van der Waals surface area contributed by atoms with Crippen molar-refractivity contribution in [1.82, 2.24) is 29.7 Å². The maximum absolute atomic E-state index is 13.1. The Hall–Kier alpha value is -3.22. The molecule has 2 aromatic carbocycles. The summed E-state index contributed by atoms with van der Waals surface area (Å²) in [5.41, 5.74) is 1.30. The van der Waals surface area contributed by atoms with E-state index in [-0.39, 0.29) is 4.90 Å². The third-order valence-electron chi connectivity index (χ3n) is 5.31. The number of para-hydroxylation sites is 1. The van der Waals surface area contributed by atoms with Crippen LogP contribution >= 0.6 is 11.8 Å². The number of thioether (sulfide) groups is 1. The zero-order valence-corrected chi connectivity index (χ0v) is 22.3. The van der Waals surface area contributed by atoms with E-state index in [0.717, 1.165) is 17.4 Å². The van der Waals surface area contributed by atoms with Gasteiger partial charge in [0.15, 0.2) is 11.0 Å². The van der Waals surface area contributed by atoms with E-state index in [9.17, 15) is 18.0 Å². The Morgan fingerprint density at radius 1 is 1.03 bits per heavy atom. The van der Waals surface area contributed by atoms with Crippen LogP contribution in [0, 0.1) is 0 Å². The van der Waals surface area contributed by atoms with Crippen molar-refractivity contribution in [2.75, 3.05) is 19.6 Å². The van der Waals surface area contributed by atoms with Crippen LogP contribution in [-0.2, 0) is 14.8 Å². The first-order valence-electron chi connectivity index (χ1n) is 11.6. The van der Waals surface area contributed by atoms with Crippen LogP contribution in [0.15, 0.2) is 64.6 Å². The van der Waals surface area contributed by atoms with Crippen molar-refractivity contribution in [3.8, 4) is 17.1 Å². The molecule has 3 amide bonds. The van der Waals surface area contributed by atoms with E-state index in [2.05, 4.69) is 20.8 Å². The number of aromatic nitrogens is 3. The van der Waals surface area contributed by atoms with Gasteiger partial charge in [0.2, 0.25) is 15.9 Å². The molecule has 0 aliphatic carbocycles. The molecular weight excluding hydrogens is 500 g/mol. The van der Waals surface area contributed by atoms with Crippen LogP contribution in [0.4, 0.5) is 4.79 Å². The van der Waals surface area contributed by atoms with Gasteiger partial charge in [0, 0.05) is 30.9 Å². The minimum Gasteiger partial charge on any atom is -0.338 e. The Morgan fingerprint density at radius 2 is 1.72 bits per heavy atom. The predicted molar refractivity (Wildman–Crippen MR) is 139 cm³/mol. The molecule has 36 heavy (non-hydrogen) atoms. The highest BCUT2D eigenvalue weighted by molar-refractivity contribution is 8.00. The summed E-state index contributed by atoms with van der Waals surface area (Å²) in [5.74, 6) is -0.0425. The molecule has 0 aliphatic rings. The van der Waals surface area contributed by atoms with Gasteiger partial charge in [-0.25, -0.2) is 13.2 Å². The summed E-state index contributed by atoms with van der Waals surface area (Å²) >= 11 is 1.14. The molecule has 1 unspecified atom stereocenters. The zero-order valence-electron chi connectivity index (χ0n) is 20.6. The normalized spacial score (nSPS) is 12.4. The van der Waals surface area contributed by atoms with Crippen molar-refractivity contribution < 1.29 is 18.0 Å². The number of benzene rings is 2. The molecule has 1 heterocycles. The zero-order chi connectivity index (χ0) is 26.3. The summed E-state index contributed by atoms with van der Waals surface area (Å²) in [6.45, 7) is 8.14. The summed E-state index contributed by atoms with van der Waals surface area (Å²) in [6, 6.07) is 15.3. The second-order valence-corrected chi connectivity index (χ2v) is 10.9. The van der Waals surface area contributed by atoms with Crippen LogP contribution < -0.4 is 10.6 Å². The summed E-state index contributed by atoms with van der Waals surface area (Å²) in [6.07, 6.45) is 0. The van der Waals surface area contributed by atoms with Gasteiger partial charge in [-0.05, 0) is 38.1 Å². The lowest BCUT2D eigenvalue weighted by molar-refractivity contribution is -0.119. The number of urea groups is 1. The Kier molecular flexibility index (Phi) is 9.24. The molecule has 0 fully saturated rings. The summed E-state index contributed by atoms with van der Waals surface area (Å²) < 4.78 is 29.4. The SMILES string of the molecule is CCNC(=O)NC(=O)C(C)Sc1nnc(-c2cccc(S(=O)(=O)N(CC)CC)c2)n1-c1ccccc1. The Morgan fingerprint density at radius 3 is 2.36 bits per heavy atom. The van der Waals surface area contributed by atoms with E-state index in [1.54, 1.807) is 56.5 Å². The fraction of sp³-hybridized carbons (Fsp3) is 0.333. The Bertz CT molecular complexity index is 1310. The van der Waals surface area contributed by atoms with Crippen LogP contribution in [-0.4, -0.2) is 64.3 Å². The van der Waals surface area contributed by atoms with Crippen molar-refractivity contribution in [3.63, 3.8) is 0 Å². The lowest BCUT2D eigenvalue weighted by atomic mass is 10.2. The van der Waals surface area contributed by atoms with Gasteiger partial charge in [0.25, 0.3) is 0 Å². The first-order valence-corrected chi connectivity index (χ1v) is 13.9. The average molecular weight is 531 g/mol. The minimum atomic E-state index is -3.67. The molecule has 0 spiro atoms. The number of hydrogen-bond donors (Lipinski definition) is 2. The average Bonchev–Trinajstić information content (AvgIpc) is 3.28. The first-order chi connectivity index (χ1) is 17.2. The summed E-state index contributed by atoms with van der Waals surface area (Å²) in [7, 11) is -3.67. The van der Waals surface area contributed by atoms with Crippen molar-refractivity contribution in [1.29, 1.82) is 0 Å². The molecule has 0 saturated carbocycles. The molecule has 192 valence electrons. The summed E-state index contributed by atoms with van der Waals surface area (Å²) in [4.78, 5) is 24.4. The Balaban J connectivity index is 2.02. The number of hydrogen-bond acceptors (Lipinski definition) is 7. The number of amides is 3. The molecule has 2 N–H and O–H groups in total. The maximum Gasteiger partial charge on any atom is 0.321 e. The lowest BCUT2D eigenvalue weighted by Crippen LogP contribution is -2.42. The molecule has 3 aromatic rings. The van der Waals surface area contributed by atoms with E-state index in [4.69, 9.17) is 0 Å². The number of imide groups is 1. The monoisotopic (exact) mass is 530 g/mol. The van der Waals surface area contributed by atoms with Gasteiger partial charge < -0.3 is 5.32 Å². The van der Waals surface area contributed by atoms with Gasteiger partial charge in [-0.3, -0.25) is 14.7 Å². The van der Waals surface area contributed by atoms with Gasteiger partial charge in [0.05, 0.1) is 10.1 Å². The molecule has 3 rings (SSSR count). The fourth-order valence-corrected chi connectivity index (χ4v) is 5.85. The Labute approximate surface area is 215 Å². The third-order valence-corrected chi connectivity index (χ3v) is 8.40. The topological polar surface area (TPSA) is 126 Å². The molecule has 12 heteroatoms. The number of sulfonamides is 1. The van der Waals surface area contributed by atoms with Gasteiger partial charge in [-0.15, -0.1) is 10.2 Å². The number of nitrogens with zero attached hydrogens (tertiary/aromatic N) is 4. The van der Waals surface area contributed by atoms with Crippen LogP contribution in [0.5, 0.6) is 0 Å². The van der Waals surface area contributed by atoms with E-state index >= 15 is 0 Å². The molecule has 0 bridgehead atoms. The maximum atomic E-state index is 13.1. The van der Waals surface area contributed by atoms with E-state index in [0.29, 0.717) is 36.2 Å². The second-order valence-electron chi connectivity index (χ2n) is 7.70. The van der Waals surface area contributed by atoms with Crippen molar-refractivity contribution >= 4 is 33.7 Å². The number of nitrogens with one attached hydrogen (secondary N) is 2. The summed E-state index contributed by atoms with van der Waals surface area (Å²) in [5, 5.41) is 13.3. The molecule has 1 atom stereocenters. The smallest absolute Gasteiger partial charge is 0.321 e. The third kappa shape index (κ3) is 6.12. The van der Waals surface area contributed by atoms with Gasteiger partial charge in [-0.2, -0.15) is 4.31 Å². The van der Waals surface area contributed by atoms with E-state index < -0.39 is 27.2 Å². The molecule has 1 aromatic heterocycles. The molecular formula is C24H30N6O4S2. The van der Waals surface area contributed by atoms with Crippen LogP contribution in [0.25, 0.3) is 17.1 Å². The minimum absolute atomic E-state index is 0.162. The highest BCUT2D eigenvalue weighted by atomic mass is 32.2. The predicted octanol–water partition coefficient (Wildman–Crippen LogP) is 3.29. The van der Waals surface area contributed by atoms with Crippen molar-refractivity contribution in [2.24, 2.45) is 0 Å². The lowest BCUT2D eigenvalue weighted by Gasteiger charge is -2.19. The second kappa shape index (κ2) is 12.2. The van der Waals surface area contributed by atoms with E-state index in [1.807, 2.05) is 30.3 Å². The number of carbonyl (C=O) groups is 2. The first kappa shape index (κ1) is 27.4. The van der Waals surface area contributed by atoms with Crippen molar-refractivity contribution in [2.45, 2.75) is 43.0 Å². The van der Waals surface area contributed by atoms with Crippen LogP contribution in [0.1, 0.15) is 27.7 Å². The van der Waals surface area contributed by atoms with E-state index in [1.165, 1.54) is 4.31 Å².